The zero-order chi connectivity index (χ0) is 23.2. The summed E-state index contributed by atoms with van der Waals surface area (Å²) in [7, 11) is 3.32. The molecule has 33 heavy (non-hydrogen) atoms. The number of methoxy groups -OCH3 is 1. The van der Waals surface area contributed by atoms with Crippen molar-refractivity contribution < 1.29 is 18.7 Å². The van der Waals surface area contributed by atoms with E-state index in [0.29, 0.717) is 48.9 Å². The molecule has 3 heterocycles. The molecule has 1 saturated heterocycles. The Bertz CT molecular complexity index is 1090. The first kappa shape index (κ1) is 22.3. The number of anilines is 4. The van der Waals surface area contributed by atoms with E-state index < -0.39 is 6.04 Å². The first-order valence-corrected chi connectivity index (χ1v) is 10.8. The Morgan fingerprint density at radius 2 is 2.09 bits per heavy atom. The Hall–Kier alpha value is -3.89. The van der Waals surface area contributed by atoms with Gasteiger partial charge in [0.05, 0.1) is 25.5 Å². The van der Waals surface area contributed by atoms with Crippen LogP contribution in [0.4, 0.5) is 23.5 Å². The SMILES string of the molecule is CCOC(=O)C1CCCCN1c1nc(NC)nc(Nc2ccc(-c3cnco3)c(OC)c2)n1. The van der Waals surface area contributed by atoms with Gasteiger partial charge in [-0.15, -0.1) is 0 Å². The third-order valence-electron chi connectivity index (χ3n) is 5.32. The standard InChI is InChI=1S/C22H27N7O4/c1-4-32-19(30)16-7-5-6-10-29(16)22-27-20(23-2)26-21(28-22)25-14-8-9-15(17(11-14)31-3)18-12-24-13-33-18/h8-9,11-13,16H,4-7,10H2,1-3H3,(H2,23,25,26,27,28). The molecular formula is C22H27N7O4. The van der Waals surface area contributed by atoms with Gasteiger partial charge in [0, 0.05) is 25.3 Å². The number of piperidine rings is 1. The van der Waals surface area contributed by atoms with E-state index in [4.69, 9.17) is 13.9 Å². The number of hydrogen-bond donors (Lipinski definition) is 2. The van der Waals surface area contributed by atoms with Gasteiger partial charge >= 0.3 is 5.97 Å². The zero-order valence-corrected chi connectivity index (χ0v) is 18.9. The van der Waals surface area contributed by atoms with Crippen LogP contribution in [0, 0.1) is 0 Å². The second-order valence-corrected chi connectivity index (χ2v) is 7.40. The zero-order valence-electron chi connectivity index (χ0n) is 18.9. The molecule has 11 nitrogen and oxygen atoms in total. The molecular weight excluding hydrogens is 426 g/mol. The number of nitrogens with zero attached hydrogens (tertiary/aromatic N) is 5. The number of ether oxygens (including phenoxy) is 2. The number of nitrogens with one attached hydrogen (secondary N) is 2. The Labute approximate surface area is 191 Å². The monoisotopic (exact) mass is 453 g/mol. The van der Waals surface area contributed by atoms with E-state index in [1.807, 2.05) is 23.1 Å². The van der Waals surface area contributed by atoms with E-state index in [0.717, 1.165) is 24.1 Å². The molecule has 4 rings (SSSR count). The summed E-state index contributed by atoms with van der Waals surface area (Å²) < 4.78 is 16.2. The van der Waals surface area contributed by atoms with Crippen molar-refractivity contribution in [2.75, 3.05) is 42.8 Å². The minimum absolute atomic E-state index is 0.258. The van der Waals surface area contributed by atoms with Gasteiger partial charge in [0.15, 0.2) is 12.2 Å². The molecule has 3 aromatic rings. The summed E-state index contributed by atoms with van der Waals surface area (Å²) >= 11 is 0. The van der Waals surface area contributed by atoms with Gasteiger partial charge in [0.1, 0.15) is 11.8 Å². The molecule has 1 unspecified atom stereocenters. The molecule has 0 amide bonds. The number of esters is 1. The van der Waals surface area contributed by atoms with Crippen LogP contribution in [0.2, 0.25) is 0 Å². The molecule has 1 fully saturated rings. The molecule has 2 N–H and O–H groups in total. The molecule has 1 atom stereocenters. The molecule has 1 aliphatic heterocycles. The van der Waals surface area contributed by atoms with Crippen molar-refractivity contribution in [2.45, 2.75) is 32.2 Å². The van der Waals surface area contributed by atoms with Gasteiger partial charge in [-0.1, -0.05) is 0 Å². The number of benzene rings is 1. The molecule has 0 radical (unpaired) electrons. The molecule has 0 aliphatic carbocycles. The Morgan fingerprint density at radius 3 is 2.82 bits per heavy atom. The van der Waals surface area contributed by atoms with Gasteiger partial charge in [-0.2, -0.15) is 15.0 Å². The minimum atomic E-state index is -0.417. The number of oxazole rings is 1. The highest BCUT2D eigenvalue weighted by atomic mass is 16.5. The smallest absolute Gasteiger partial charge is 0.328 e. The lowest BCUT2D eigenvalue weighted by molar-refractivity contribution is -0.145. The fraction of sp³-hybridized carbons (Fsp3) is 0.409. The lowest BCUT2D eigenvalue weighted by Gasteiger charge is -2.34. The van der Waals surface area contributed by atoms with Crippen LogP contribution in [-0.2, 0) is 9.53 Å². The van der Waals surface area contributed by atoms with Crippen LogP contribution in [0.1, 0.15) is 26.2 Å². The van der Waals surface area contributed by atoms with Crippen LogP contribution in [-0.4, -0.2) is 59.3 Å². The predicted molar refractivity (Wildman–Crippen MR) is 123 cm³/mol. The molecule has 174 valence electrons. The van der Waals surface area contributed by atoms with E-state index >= 15 is 0 Å². The second kappa shape index (κ2) is 10.2. The van der Waals surface area contributed by atoms with Gasteiger partial charge in [-0.05, 0) is 38.3 Å². The molecule has 11 heteroatoms. The summed E-state index contributed by atoms with van der Waals surface area (Å²) in [5, 5.41) is 6.17. The van der Waals surface area contributed by atoms with Crippen LogP contribution < -0.4 is 20.3 Å². The van der Waals surface area contributed by atoms with E-state index in [2.05, 4.69) is 30.6 Å². The molecule has 2 aromatic heterocycles. The summed E-state index contributed by atoms with van der Waals surface area (Å²) in [6, 6.07) is 5.14. The van der Waals surface area contributed by atoms with E-state index in [9.17, 15) is 4.79 Å². The Kier molecular flexibility index (Phi) is 6.86. The fourth-order valence-corrected chi connectivity index (χ4v) is 3.77. The fourth-order valence-electron chi connectivity index (χ4n) is 3.77. The molecule has 1 aliphatic rings. The van der Waals surface area contributed by atoms with Crippen molar-refractivity contribution in [3.8, 4) is 17.1 Å². The number of carbonyl (C=O) groups is 1. The van der Waals surface area contributed by atoms with Gasteiger partial charge < -0.3 is 29.4 Å². The van der Waals surface area contributed by atoms with E-state index in [-0.39, 0.29) is 5.97 Å². The van der Waals surface area contributed by atoms with E-state index in [1.54, 1.807) is 27.3 Å². The summed E-state index contributed by atoms with van der Waals surface area (Å²) in [6.07, 6.45) is 5.59. The third-order valence-corrected chi connectivity index (χ3v) is 5.32. The van der Waals surface area contributed by atoms with Crippen LogP contribution in [0.3, 0.4) is 0 Å². The maximum absolute atomic E-state index is 12.5. The lowest BCUT2D eigenvalue weighted by Crippen LogP contribution is -2.46. The second-order valence-electron chi connectivity index (χ2n) is 7.40. The molecule has 0 spiro atoms. The normalized spacial score (nSPS) is 15.7. The molecule has 1 aromatic carbocycles. The van der Waals surface area contributed by atoms with Crippen molar-refractivity contribution >= 4 is 29.5 Å². The molecule has 0 saturated carbocycles. The molecule has 0 bridgehead atoms. The van der Waals surface area contributed by atoms with Gasteiger partial charge in [0.25, 0.3) is 0 Å². The maximum Gasteiger partial charge on any atom is 0.328 e. The number of hydrogen-bond acceptors (Lipinski definition) is 11. The van der Waals surface area contributed by atoms with Gasteiger partial charge in [-0.3, -0.25) is 0 Å². The Balaban J connectivity index is 1.62. The lowest BCUT2D eigenvalue weighted by atomic mass is 10.0. The van der Waals surface area contributed by atoms with Crippen molar-refractivity contribution in [1.82, 2.24) is 19.9 Å². The van der Waals surface area contributed by atoms with Crippen LogP contribution in [0.25, 0.3) is 11.3 Å². The number of rotatable bonds is 8. The predicted octanol–water partition coefficient (Wildman–Crippen LogP) is 3.24. The van der Waals surface area contributed by atoms with Crippen LogP contribution in [0.15, 0.2) is 35.2 Å². The highest BCUT2D eigenvalue weighted by Crippen LogP contribution is 2.33. The first-order chi connectivity index (χ1) is 16.1. The minimum Gasteiger partial charge on any atom is -0.496 e. The summed E-state index contributed by atoms with van der Waals surface area (Å²) in [5.74, 6) is 2.10. The topological polar surface area (TPSA) is 128 Å². The van der Waals surface area contributed by atoms with Crippen molar-refractivity contribution in [3.05, 3.63) is 30.8 Å². The maximum atomic E-state index is 12.5. The van der Waals surface area contributed by atoms with Crippen molar-refractivity contribution in [3.63, 3.8) is 0 Å². The average molecular weight is 454 g/mol. The average Bonchev–Trinajstić information content (AvgIpc) is 3.38. The van der Waals surface area contributed by atoms with Gasteiger partial charge in [-0.25, -0.2) is 9.78 Å². The Morgan fingerprint density at radius 1 is 1.24 bits per heavy atom. The van der Waals surface area contributed by atoms with Gasteiger partial charge in [0.2, 0.25) is 17.8 Å². The number of aromatic nitrogens is 4. The van der Waals surface area contributed by atoms with Crippen molar-refractivity contribution in [1.29, 1.82) is 0 Å². The quantitative estimate of drug-likeness (QED) is 0.488. The van der Waals surface area contributed by atoms with Crippen LogP contribution >= 0.6 is 0 Å². The van der Waals surface area contributed by atoms with E-state index in [1.165, 1.54) is 6.39 Å². The van der Waals surface area contributed by atoms with Crippen LogP contribution in [0.5, 0.6) is 5.75 Å². The summed E-state index contributed by atoms with van der Waals surface area (Å²) in [5.41, 5.74) is 1.49. The van der Waals surface area contributed by atoms with Crippen molar-refractivity contribution in [2.24, 2.45) is 0 Å². The number of carbonyl (C=O) groups excluding carboxylic acids is 1. The summed E-state index contributed by atoms with van der Waals surface area (Å²) in [4.78, 5) is 31.9. The highest BCUT2D eigenvalue weighted by Gasteiger charge is 2.32. The highest BCUT2D eigenvalue weighted by molar-refractivity contribution is 5.80. The third kappa shape index (κ3) is 4.97. The first-order valence-electron chi connectivity index (χ1n) is 10.8. The largest absolute Gasteiger partial charge is 0.496 e. The summed E-state index contributed by atoms with van der Waals surface area (Å²) in [6.45, 7) is 2.80.